The number of carbonyl (C=O) groups is 1. The van der Waals surface area contributed by atoms with Crippen molar-refractivity contribution in [2.75, 3.05) is 19.7 Å². The predicted molar refractivity (Wildman–Crippen MR) is 66.1 cm³/mol. The lowest BCUT2D eigenvalue weighted by Crippen LogP contribution is -2.30. The number of aliphatic hydroxyl groups is 1. The summed E-state index contributed by atoms with van der Waals surface area (Å²) in [7, 11) is 0. The van der Waals surface area contributed by atoms with E-state index in [0.717, 1.165) is 0 Å². The quantitative estimate of drug-likeness (QED) is 0.386. The van der Waals surface area contributed by atoms with Crippen molar-refractivity contribution in [3.63, 3.8) is 0 Å². The van der Waals surface area contributed by atoms with Gasteiger partial charge in [0.1, 0.15) is 5.82 Å². The number of halogens is 1. The first kappa shape index (κ1) is 14.6. The molecule has 18 heavy (non-hydrogen) atoms. The number of hydrogen-bond donors (Lipinski definition) is 3. The van der Waals surface area contributed by atoms with Gasteiger partial charge in [-0.1, -0.05) is 6.92 Å². The zero-order valence-corrected chi connectivity index (χ0v) is 10.3. The molecule has 0 heterocycles. The number of aliphatic hydroxyl groups excluding tert-OH is 1. The van der Waals surface area contributed by atoms with Crippen LogP contribution >= 0.6 is 0 Å². The maximum Gasteiger partial charge on any atom is 0.265 e. The van der Waals surface area contributed by atoms with Crippen LogP contribution in [0.15, 0.2) is 18.2 Å². The van der Waals surface area contributed by atoms with E-state index in [1.165, 1.54) is 18.2 Å². The summed E-state index contributed by atoms with van der Waals surface area (Å²) in [6.07, 6.45) is 0. The molecule has 4 N–H and O–H groups in total. The van der Waals surface area contributed by atoms with Gasteiger partial charge < -0.3 is 5.11 Å². The number of nitrogen functional groups attached to an aromatic ring is 1. The number of amides is 1. The molecule has 0 unspecified atom stereocenters. The zero-order chi connectivity index (χ0) is 13.5. The first-order valence-corrected chi connectivity index (χ1v) is 5.75. The highest BCUT2D eigenvalue weighted by molar-refractivity contribution is 5.93. The van der Waals surface area contributed by atoms with Crippen LogP contribution in [0.4, 0.5) is 4.39 Å². The second kappa shape index (κ2) is 7.05. The van der Waals surface area contributed by atoms with Crippen LogP contribution in [0.3, 0.4) is 0 Å². The first-order valence-electron chi connectivity index (χ1n) is 5.75. The molecule has 0 aliphatic carbocycles. The molecule has 1 aromatic carbocycles. The molecule has 0 saturated heterocycles. The van der Waals surface area contributed by atoms with Gasteiger partial charge in [0.2, 0.25) is 0 Å². The summed E-state index contributed by atoms with van der Waals surface area (Å²) >= 11 is 0. The van der Waals surface area contributed by atoms with Gasteiger partial charge >= 0.3 is 0 Å². The molecule has 0 fully saturated rings. The molecule has 0 atom stereocenters. The smallest absolute Gasteiger partial charge is 0.265 e. The number of carbonyl (C=O) groups excluding carboxylic acids is 1. The van der Waals surface area contributed by atoms with Crippen LogP contribution in [0.5, 0.6) is 0 Å². The average Bonchev–Trinajstić information content (AvgIpc) is 2.39. The summed E-state index contributed by atoms with van der Waals surface area (Å²) < 4.78 is 13.6. The van der Waals surface area contributed by atoms with E-state index in [4.69, 9.17) is 10.9 Å². The second-order valence-corrected chi connectivity index (χ2v) is 3.87. The molecule has 1 aromatic rings. The minimum atomic E-state index is -0.457. The van der Waals surface area contributed by atoms with Crippen LogP contribution in [0, 0.1) is 5.82 Å². The Morgan fingerprint density at radius 3 is 2.83 bits per heavy atom. The van der Waals surface area contributed by atoms with Crippen LogP contribution in [-0.4, -0.2) is 35.6 Å². The fourth-order valence-corrected chi connectivity index (χ4v) is 1.65. The second-order valence-electron chi connectivity index (χ2n) is 3.87. The molecular formula is C12H18FN3O2. The fraction of sp³-hybridized carbons (Fsp3) is 0.417. The Balaban J connectivity index is 2.89. The van der Waals surface area contributed by atoms with Crippen molar-refractivity contribution in [3.05, 3.63) is 35.1 Å². The Bertz CT molecular complexity index is 412. The molecule has 0 bridgehead atoms. The Kier molecular flexibility index (Phi) is 5.70. The minimum absolute atomic E-state index is 0.0123. The first-order chi connectivity index (χ1) is 8.62. The van der Waals surface area contributed by atoms with Gasteiger partial charge in [0.05, 0.1) is 6.61 Å². The Morgan fingerprint density at radius 1 is 1.56 bits per heavy atom. The zero-order valence-electron chi connectivity index (χ0n) is 10.3. The van der Waals surface area contributed by atoms with Gasteiger partial charge in [0.25, 0.3) is 5.91 Å². The van der Waals surface area contributed by atoms with Crippen molar-refractivity contribution in [1.29, 1.82) is 0 Å². The maximum atomic E-state index is 13.6. The number of likely N-dealkylation sites (N-methyl/N-ethyl adjacent to an activating group) is 1. The van der Waals surface area contributed by atoms with E-state index in [2.05, 4.69) is 0 Å². The highest BCUT2D eigenvalue weighted by Crippen LogP contribution is 2.13. The van der Waals surface area contributed by atoms with E-state index in [9.17, 15) is 9.18 Å². The van der Waals surface area contributed by atoms with Gasteiger partial charge in [0, 0.05) is 24.2 Å². The molecule has 1 rings (SSSR count). The van der Waals surface area contributed by atoms with Gasteiger partial charge in [0.15, 0.2) is 0 Å². The molecular weight excluding hydrogens is 237 g/mol. The SMILES string of the molecule is CCN(CCO)Cc1cc(C(=O)NN)ccc1F. The van der Waals surface area contributed by atoms with Gasteiger partial charge in [-0.25, -0.2) is 10.2 Å². The summed E-state index contributed by atoms with van der Waals surface area (Å²) in [4.78, 5) is 13.2. The Morgan fingerprint density at radius 2 is 2.28 bits per heavy atom. The van der Waals surface area contributed by atoms with Crippen molar-refractivity contribution >= 4 is 5.91 Å². The van der Waals surface area contributed by atoms with Crippen LogP contribution < -0.4 is 11.3 Å². The topological polar surface area (TPSA) is 78.6 Å². The monoisotopic (exact) mass is 255 g/mol. The van der Waals surface area contributed by atoms with Gasteiger partial charge in [-0.15, -0.1) is 0 Å². The standard InChI is InChI=1S/C12H18FN3O2/c1-2-16(5-6-17)8-10-7-9(12(18)15-14)3-4-11(10)13/h3-4,7,17H,2,5-6,8,14H2,1H3,(H,15,18). The molecule has 0 saturated carbocycles. The number of nitrogens with zero attached hydrogens (tertiary/aromatic N) is 1. The summed E-state index contributed by atoms with van der Waals surface area (Å²) in [5, 5.41) is 8.88. The van der Waals surface area contributed by atoms with Crippen molar-refractivity contribution in [2.45, 2.75) is 13.5 Å². The molecule has 0 radical (unpaired) electrons. The number of benzene rings is 1. The number of nitrogens with two attached hydrogens (primary N) is 1. The highest BCUT2D eigenvalue weighted by Gasteiger charge is 2.11. The van der Waals surface area contributed by atoms with E-state index in [1.807, 2.05) is 17.2 Å². The number of hydrazine groups is 1. The van der Waals surface area contributed by atoms with E-state index >= 15 is 0 Å². The van der Waals surface area contributed by atoms with Crippen LogP contribution in [0.2, 0.25) is 0 Å². The van der Waals surface area contributed by atoms with E-state index in [1.54, 1.807) is 0 Å². The third-order valence-electron chi connectivity index (χ3n) is 2.70. The Labute approximate surface area is 105 Å². The molecule has 0 aliphatic rings. The molecule has 5 nitrogen and oxygen atoms in total. The lowest BCUT2D eigenvalue weighted by atomic mass is 10.1. The van der Waals surface area contributed by atoms with E-state index in [-0.39, 0.29) is 12.4 Å². The largest absolute Gasteiger partial charge is 0.395 e. The van der Waals surface area contributed by atoms with Crippen LogP contribution in [0.25, 0.3) is 0 Å². The summed E-state index contributed by atoms with van der Waals surface area (Å²) in [5.74, 6) is 4.20. The Hall–Kier alpha value is -1.50. The molecule has 0 aliphatic heterocycles. The molecule has 6 heteroatoms. The maximum absolute atomic E-state index is 13.6. The minimum Gasteiger partial charge on any atom is -0.395 e. The van der Waals surface area contributed by atoms with Gasteiger partial charge in [-0.2, -0.15) is 0 Å². The molecule has 0 aromatic heterocycles. The molecule has 1 amide bonds. The van der Waals surface area contributed by atoms with Crippen molar-refractivity contribution in [3.8, 4) is 0 Å². The van der Waals surface area contributed by atoms with Crippen molar-refractivity contribution in [1.82, 2.24) is 10.3 Å². The van der Waals surface area contributed by atoms with Gasteiger partial charge in [-0.3, -0.25) is 15.1 Å². The van der Waals surface area contributed by atoms with E-state index in [0.29, 0.717) is 30.8 Å². The summed E-state index contributed by atoms with van der Waals surface area (Å²) in [5.41, 5.74) is 2.73. The van der Waals surface area contributed by atoms with Crippen molar-refractivity contribution in [2.24, 2.45) is 5.84 Å². The number of rotatable bonds is 6. The number of hydrogen-bond acceptors (Lipinski definition) is 4. The summed E-state index contributed by atoms with van der Waals surface area (Å²) in [6.45, 7) is 3.42. The third-order valence-corrected chi connectivity index (χ3v) is 2.70. The molecule has 100 valence electrons. The highest BCUT2D eigenvalue weighted by atomic mass is 19.1. The average molecular weight is 255 g/mol. The predicted octanol–water partition coefficient (Wildman–Crippen LogP) is 0.243. The van der Waals surface area contributed by atoms with Gasteiger partial charge in [-0.05, 0) is 24.7 Å². The van der Waals surface area contributed by atoms with Crippen molar-refractivity contribution < 1.29 is 14.3 Å². The fourth-order valence-electron chi connectivity index (χ4n) is 1.65. The molecule has 0 spiro atoms. The van der Waals surface area contributed by atoms with Crippen LogP contribution in [0.1, 0.15) is 22.8 Å². The summed E-state index contributed by atoms with van der Waals surface area (Å²) in [6, 6.07) is 4.09. The van der Waals surface area contributed by atoms with E-state index < -0.39 is 5.91 Å². The third kappa shape index (κ3) is 3.76. The normalized spacial score (nSPS) is 10.7. The lowest BCUT2D eigenvalue weighted by molar-refractivity contribution is 0.0953. The number of nitrogens with one attached hydrogen (secondary N) is 1. The lowest BCUT2D eigenvalue weighted by Gasteiger charge is -2.19. The van der Waals surface area contributed by atoms with Crippen LogP contribution in [-0.2, 0) is 6.54 Å².